The highest BCUT2D eigenvalue weighted by Gasteiger charge is 2.11. The fourth-order valence-electron chi connectivity index (χ4n) is 1.78. The third-order valence-corrected chi connectivity index (χ3v) is 5.52. The lowest BCUT2D eigenvalue weighted by Gasteiger charge is -2.04. The van der Waals surface area contributed by atoms with Gasteiger partial charge in [0.15, 0.2) is 0 Å². The van der Waals surface area contributed by atoms with Gasteiger partial charge in [0, 0.05) is 31.0 Å². The van der Waals surface area contributed by atoms with Gasteiger partial charge >= 0.3 is 0 Å². The number of thiazole rings is 1. The third-order valence-electron chi connectivity index (χ3n) is 2.92. The summed E-state index contributed by atoms with van der Waals surface area (Å²) in [6.45, 7) is 0.500. The first-order valence-corrected chi connectivity index (χ1v) is 9.58. The maximum atomic E-state index is 11.6. The molecule has 2 rings (SSSR count). The molecule has 22 heavy (non-hydrogen) atoms. The fraction of sp³-hybridized carbons (Fsp3) is 0.357. The summed E-state index contributed by atoms with van der Waals surface area (Å²) in [7, 11) is -1.81. The van der Waals surface area contributed by atoms with Gasteiger partial charge < -0.3 is 4.74 Å². The first kappa shape index (κ1) is 17.4. The standard InChI is InChI=1S/C14H17ClN2O3S2/c1-20-8-9-22(18,19)16-7-6-11-10-21-14(17-11)12-4-2-3-5-13(12)15/h2-5,10,16H,6-9H2,1H3. The quantitative estimate of drug-likeness (QED) is 0.785. The number of sulfonamides is 1. The van der Waals surface area contributed by atoms with Gasteiger partial charge in [-0.05, 0) is 6.07 Å². The molecule has 0 atom stereocenters. The highest BCUT2D eigenvalue weighted by Crippen LogP contribution is 2.30. The Morgan fingerprint density at radius 2 is 2.14 bits per heavy atom. The van der Waals surface area contributed by atoms with E-state index in [0.717, 1.165) is 16.3 Å². The Labute approximate surface area is 139 Å². The number of nitrogens with one attached hydrogen (secondary N) is 1. The molecule has 0 saturated carbocycles. The van der Waals surface area contributed by atoms with Crippen molar-refractivity contribution in [3.8, 4) is 10.6 Å². The molecule has 0 bridgehead atoms. The summed E-state index contributed by atoms with van der Waals surface area (Å²) in [4.78, 5) is 4.50. The fourth-order valence-corrected chi connectivity index (χ4v) is 3.90. The summed E-state index contributed by atoms with van der Waals surface area (Å²) in [6, 6.07) is 7.52. The van der Waals surface area contributed by atoms with Crippen molar-refractivity contribution in [3.63, 3.8) is 0 Å². The first-order chi connectivity index (χ1) is 10.5. The van der Waals surface area contributed by atoms with E-state index in [1.807, 2.05) is 29.6 Å². The van der Waals surface area contributed by atoms with E-state index in [2.05, 4.69) is 9.71 Å². The van der Waals surface area contributed by atoms with Crippen LogP contribution >= 0.6 is 22.9 Å². The van der Waals surface area contributed by atoms with Crippen LogP contribution in [0.15, 0.2) is 29.6 Å². The normalized spacial score (nSPS) is 11.7. The van der Waals surface area contributed by atoms with Crippen LogP contribution in [0.3, 0.4) is 0 Å². The molecular weight excluding hydrogens is 344 g/mol. The van der Waals surface area contributed by atoms with E-state index in [1.165, 1.54) is 18.4 Å². The zero-order chi connectivity index (χ0) is 16.0. The van der Waals surface area contributed by atoms with Gasteiger partial charge in [0.2, 0.25) is 10.0 Å². The number of halogens is 1. The molecule has 1 aromatic heterocycles. The van der Waals surface area contributed by atoms with Crippen molar-refractivity contribution in [1.82, 2.24) is 9.71 Å². The molecule has 0 saturated heterocycles. The molecule has 0 spiro atoms. The van der Waals surface area contributed by atoms with Gasteiger partial charge in [0.25, 0.3) is 0 Å². The molecule has 0 aliphatic heterocycles. The van der Waals surface area contributed by atoms with Crippen LogP contribution in [0, 0.1) is 0 Å². The second-order valence-corrected chi connectivity index (χ2v) is 7.77. The van der Waals surface area contributed by atoms with E-state index in [4.69, 9.17) is 16.3 Å². The lowest BCUT2D eigenvalue weighted by molar-refractivity contribution is 0.217. The summed E-state index contributed by atoms with van der Waals surface area (Å²) in [5.41, 5.74) is 1.73. The summed E-state index contributed by atoms with van der Waals surface area (Å²) in [5, 5.41) is 3.41. The van der Waals surface area contributed by atoms with Crippen molar-refractivity contribution in [2.45, 2.75) is 6.42 Å². The highest BCUT2D eigenvalue weighted by atomic mass is 35.5. The molecule has 2 aromatic rings. The van der Waals surface area contributed by atoms with Crippen LogP contribution in [0.25, 0.3) is 10.6 Å². The van der Waals surface area contributed by atoms with Gasteiger partial charge in [-0.3, -0.25) is 0 Å². The Kier molecular flexibility index (Phi) is 6.34. The Bertz CT molecular complexity index is 716. The number of hydrogen-bond acceptors (Lipinski definition) is 5. The molecule has 5 nitrogen and oxygen atoms in total. The molecule has 8 heteroatoms. The number of benzene rings is 1. The number of rotatable bonds is 8. The first-order valence-electron chi connectivity index (χ1n) is 6.67. The predicted octanol–water partition coefficient (Wildman–Crippen LogP) is 2.57. The summed E-state index contributed by atoms with van der Waals surface area (Å²) in [5.74, 6) is -0.0363. The Hall–Kier alpha value is -0.990. The summed E-state index contributed by atoms with van der Waals surface area (Å²) in [6.07, 6.45) is 0.535. The van der Waals surface area contributed by atoms with Gasteiger partial charge in [0.1, 0.15) is 5.01 Å². The molecule has 1 aromatic carbocycles. The molecule has 120 valence electrons. The van der Waals surface area contributed by atoms with Crippen molar-refractivity contribution >= 4 is 33.0 Å². The summed E-state index contributed by atoms with van der Waals surface area (Å²) < 4.78 is 30.5. The average molecular weight is 361 g/mol. The topological polar surface area (TPSA) is 68.3 Å². The molecule has 0 fully saturated rings. The minimum absolute atomic E-state index is 0.0363. The van der Waals surface area contributed by atoms with E-state index in [1.54, 1.807) is 0 Å². The molecule has 1 N–H and O–H groups in total. The van der Waals surface area contributed by atoms with Crippen LogP contribution in [0.2, 0.25) is 5.02 Å². The van der Waals surface area contributed by atoms with Crippen molar-refractivity contribution < 1.29 is 13.2 Å². The zero-order valence-electron chi connectivity index (χ0n) is 12.1. The van der Waals surface area contributed by atoms with Crippen LogP contribution in [0.5, 0.6) is 0 Å². The largest absolute Gasteiger partial charge is 0.384 e. The van der Waals surface area contributed by atoms with Crippen LogP contribution in [0.4, 0.5) is 0 Å². The lowest BCUT2D eigenvalue weighted by atomic mass is 10.2. The van der Waals surface area contributed by atoms with E-state index in [0.29, 0.717) is 18.0 Å². The monoisotopic (exact) mass is 360 g/mol. The molecule has 0 unspecified atom stereocenters. The van der Waals surface area contributed by atoms with E-state index < -0.39 is 10.0 Å². The van der Waals surface area contributed by atoms with Gasteiger partial charge in [-0.25, -0.2) is 18.1 Å². The van der Waals surface area contributed by atoms with Gasteiger partial charge in [-0.2, -0.15) is 0 Å². The third kappa shape index (κ3) is 5.03. The maximum absolute atomic E-state index is 11.6. The average Bonchev–Trinajstić information content (AvgIpc) is 2.94. The Morgan fingerprint density at radius 1 is 1.36 bits per heavy atom. The molecule has 0 aliphatic carbocycles. The maximum Gasteiger partial charge on any atom is 0.213 e. The van der Waals surface area contributed by atoms with Crippen molar-refractivity contribution in [2.24, 2.45) is 0 Å². The predicted molar refractivity (Wildman–Crippen MR) is 89.9 cm³/mol. The summed E-state index contributed by atoms with van der Waals surface area (Å²) >= 11 is 7.64. The van der Waals surface area contributed by atoms with Gasteiger partial charge in [0.05, 0.1) is 23.1 Å². The van der Waals surface area contributed by atoms with Gasteiger partial charge in [-0.1, -0.05) is 29.8 Å². The number of ether oxygens (including phenoxy) is 1. The SMILES string of the molecule is COCCS(=O)(=O)NCCc1csc(-c2ccccc2Cl)n1. The molecule has 1 heterocycles. The Balaban J connectivity index is 1.92. The van der Waals surface area contributed by atoms with Crippen LogP contribution in [0.1, 0.15) is 5.69 Å². The van der Waals surface area contributed by atoms with Crippen LogP contribution < -0.4 is 4.72 Å². The lowest BCUT2D eigenvalue weighted by Crippen LogP contribution is -2.30. The van der Waals surface area contributed by atoms with Crippen LogP contribution in [-0.4, -0.2) is 39.4 Å². The second kappa shape index (κ2) is 8.03. The highest BCUT2D eigenvalue weighted by molar-refractivity contribution is 7.89. The number of hydrogen-bond donors (Lipinski definition) is 1. The van der Waals surface area contributed by atoms with E-state index in [9.17, 15) is 8.42 Å². The number of methoxy groups -OCH3 is 1. The second-order valence-electron chi connectivity index (χ2n) is 4.58. The molecule has 0 aliphatic rings. The van der Waals surface area contributed by atoms with Crippen LogP contribution in [-0.2, 0) is 21.2 Å². The minimum Gasteiger partial charge on any atom is -0.384 e. The zero-order valence-corrected chi connectivity index (χ0v) is 14.5. The van der Waals surface area contributed by atoms with Gasteiger partial charge in [-0.15, -0.1) is 11.3 Å². The molecule has 0 amide bonds. The number of nitrogens with zero attached hydrogens (tertiary/aromatic N) is 1. The molecular formula is C14H17ClN2O3S2. The van der Waals surface area contributed by atoms with Crippen molar-refractivity contribution in [1.29, 1.82) is 0 Å². The molecule has 0 radical (unpaired) electrons. The van der Waals surface area contributed by atoms with Crippen molar-refractivity contribution in [2.75, 3.05) is 26.0 Å². The van der Waals surface area contributed by atoms with E-state index >= 15 is 0 Å². The van der Waals surface area contributed by atoms with Crippen molar-refractivity contribution in [3.05, 3.63) is 40.4 Å². The minimum atomic E-state index is -3.29. The van der Waals surface area contributed by atoms with E-state index in [-0.39, 0.29) is 12.4 Å². The number of aromatic nitrogens is 1. The Morgan fingerprint density at radius 3 is 2.86 bits per heavy atom. The smallest absolute Gasteiger partial charge is 0.213 e.